The number of nitro benzene ring substituents is 1. The zero-order valence-corrected chi connectivity index (χ0v) is 11.0. The maximum atomic E-state index is 10.8. The number of hydrogen-bond donors (Lipinski definition) is 1. The second-order valence-electron chi connectivity index (χ2n) is 4.03. The fraction of sp³-hybridized carbons (Fsp3) is 0.154. The molecule has 0 saturated heterocycles. The summed E-state index contributed by atoms with van der Waals surface area (Å²) in [5.41, 5.74) is 2.89. The van der Waals surface area contributed by atoms with Crippen LogP contribution >= 0.6 is 11.3 Å². The van der Waals surface area contributed by atoms with Crippen molar-refractivity contribution in [1.29, 1.82) is 5.26 Å². The van der Waals surface area contributed by atoms with Gasteiger partial charge in [-0.25, -0.2) is 0 Å². The van der Waals surface area contributed by atoms with Crippen molar-refractivity contribution in [2.75, 3.05) is 5.32 Å². The van der Waals surface area contributed by atoms with Gasteiger partial charge in [0, 0.05) is 18.3 Å². The van der Waals surface area contributed by atoms with Gasteiger partial charge in [0.05, 0.1) is 4.92 Å². The van der Waals surface area contributed by atoms with Crippen LogP contribution in [-0.4, -0.2) is 4.92 Å². The molecule has 5 nitrogen and oxygen atoms in total. The van der Waals surface area contributed by atoms with Gasteiger partial charge in [0.1, 0.15) is 11.6 Å². The van der Waals surface area contributed by atoms with Crippen molar-refractivity contribution in [2.45, 2.75) is 13.5 Å². The SMILES string of the molecule is Cc1cscc1CNc1ccc(C#N)c([N+](=O)[O-])c1. The van der Waals surface area contributed by atoms with Crippen LogP contribution in [0.4, 0.5) is 11.4 Å². The molecule has 0 spiro atoms. The van der Waals surface area contributed by atoms with Gasteiger partial charge in [-0.05, 0) is 40.9 Å². The van der Waals surface area contributed by atoms with Crippen molar-refractivity contribution in [3.8, 4) is 6.07 Å². The molecule has 0 atom stereocenters. The Bertz CT molecular complexity index is 658. The van der Waals surface area contributed by atoms with Crippen molar-refractivity contribution in [2.24, 2.45) is 0 Å². The average Bonchev–Trinajstić information content (AvgIpc) is 2.81. The standard InChI is InChI=1S/C13H11N3O2S/c1-9-7-19-8-11(9)6-15-12-3-2-10(5-14)13(4-12)16(17)18/h2-4,7-8,15H,6H2,1H3. The van der Waals surface area contributed by atoms with Gasteiger partial charge < -0.3 is 5.32 Å². The van der Waals surface area contributed by atoms with Crippen molar-refractivity contribution in [3.05, 3.63) is 55.8 Å². The summed E-state index contributed by atoms with van der Waals surface area (Å²) in [6, 6.07) is 6.34. The first-order valence-electron chi connectivity index (χ1n) is 5.56. The molecule has 96 valence electrons. The normalized spacial score (nSPS) is 9.89. The van der Waals surface area contributed by atoms with Crippen LogP contribution in [0.2, 0.25) is 0 Å². The van der Waals surface area contributed by atoms with Crippen LogP contribution < -0.4 is 5.32 Å². The van der Waals surface area contributed by atoms with Crippen molar-refractivity contribution in [1.82, 2.24) is 0 Å². The maximum Gasteiger partial charge on any atom is 0.289 e. The Labute approximate surface area is 114 Å². The average molecular weight is 273 g/mol. The van der Waals surface area contributed by atoms with Crippen LogP contribution in [0.15, 0.2) is 29.0 Å². The molecule has 1 heterocycles. The highest BCUT2D eigenvalue weighted by Gasteiger charge is 2.14. The van der Waals surface area contributed by atoms with E-state index in [1.54, 1.807) is 17.4 Å². The van der Waals surface area contributed by atoms with Crippen LogP contribution in [0, 0.1) is 28.4 Å². The highest BCUT2D eigenvalue weighted by atomic mass is 32.1. The molecule has 0 radical (unpaired) electrons. The molecule has 0 bridgehead atoms. The van der Waals surface area contributed by atoms with E-state index in [-0.39, 0.29) is 11.3 Å². The molecule has 1 aromatic carbocycles. The molecular formula is C13H11N3O2S. The van der Waals surface area contributed by atoms with Crippen LogP contribution in [0.25, 0.3) is 0 Å². The number of nitrogens with zero attached hydrogens (tertiary/aromatic N) is 2. The monoisotopic (exact) mass is 273 g/mol. The van der Waals surface area contributed by atoms with Gasteiger partial charge in [-0.3, -0.25) is 10.1 Å². The van der Waals surface area contributed by atoms with E-state index in [0.717, 1.165) is 5.56 Å². The van der Waals surface area contributed by atoms with Crippen molar-refractivity contribution >= 4 is 22.7 Å². The summed E-state index contributed by atoms with van der Waals surface area (Å²) in [7, 11) is 0. The van der Waals surface area contributed by atoms with Gasteiger partial charge in [0.15, 0.2) is 0 Å². The van der Waals surface area contributed by atoms with Gasteiger partial charge in [-0.1, -0.05) is 0 Å². The van der Waals surface area contributed by atoms with Crippen LogP contribution in [0.3, 0.4) is 0 Å². The Balaban J connectivity index is 2.18. The number of rotatable bonds is 4. The largest absolute Gasteiger partial charge is 0.381 e. The van der Waals surface area contributed by atoms with Crippen LogP contribution in [0.1, 0.15) is 16.7 Å². The number of nitriles is 1. The molecule has 0 aliphatic carbocycles. The van der Waals surface area contributed by atoms with Gasteiger partial charge in [0.25, 0.3) is 5.69 Å². The first-order chi connectivity index (χ1) is 9.11. The first-order valence-corrected chi connectivity index (χ1v) is 6.50. The molecule has 19 heavy (non-hydrogen) atoms. The predicted molar refractivity (Wildman–Crippen MR) is 74.2 cm³/mol. The third-order valence-electron chi connectivity index (χ3n) is 2.76. The van der Waals surface area contributed by atoms with Gasteiger partial charge in [-0.15, -0.1) is 0 Å². The van der Waals surface area contributed by atoms with E-state index >= 15 is 0 Å². The van der Waals surface area contributed by atoms with Gasteiger partial charge in [0.2, 0.25) is 0 Å². The molecule has 6 heteroatoms. The quantitative estimate of drug-likeness (QED) is 0.683. The molecule has 1 aromatic heterocycles. The van der Waals surface area contributed by atoms with E-state index in [2.05, 4.69) is 10.7 Å². The highest BCUT2D eigenvalue weighted by molar-refractivity contribution is 7.08. The van der Waals surface area contributed by atoms with E-state index < -0.39 is 4.92 Å². The summed E-state index contributed by atoms with van der Waals surface area (Å²) >= 11 is 1.62. The number of aryl methyl sites for hydroxylation is 1. The number of nitro groups is 1. The molecule has 0 amide bonds. The summed E-state index contributed by atoms with van der Waals surface area (Å²) in [5.74, 6) is 0. The van der Waals surface area contributed by atoms with E-state index in [9.17, 15) is 10.1 Å². The Morgan fingerprint density at radius 2 is 2.26 bits per heavy atom. The molecule has 0 unspecified atom stereocenters. The molecule has 0 aliphatic rings. The zero-order chi connectivity index (χ0) is 13.8. The van der Waals surface area contributed by atoms with E-state index in [1.165, 1.54) is 17.7 Å². The van der Waals surface area contributed by atoms with Gasteiger partial charge in [-0.2, -0.15) is 16.6 Å². The molecule has 0 fully saturated rings. The summed E-state index contributed by atoms with van der Waals surface area (Å²) in [6.07, 6.45) is 0. The van der Waals surface area contributed by atoms with Gasteiger partial charge >= 0.3 is 0 Å². The number of thiophene rings is 1. The number of hydrogen-bond acceptors (Lipinski definition) is 5. The topological polar surface area (TPSA) is 79.0 Å². The minimum atomic E-state index is -0.542. The molecule has 0 aliphatic heterocycles. The lowest BCUT2D eigenvalue weighted by molar-refractivity contribution is -0.385. The molecule has 2 rings (SSSR count). The molecule has 1 N–H and O–H groups in total. The fourth-order valence-electron chi connectivity index (χ4n) is 1.65. The van der Waals surface area contributed by atoms with E-state index in [0.29, 0.717) is 12.2 Å². The molecule has 0 saturated carbocycles. The molecule has 2 aromatic rings. The first kappa shape index (κ1) is 13.1. The predicted octanol–water partition coefficient (Wildman–Crippen LogP) is 3.45. The lowest BCUT2D eigenvalue weighted by Gasteiger charge is -2.06. The molecular weight excluding hydrogens is 262 g/mol. The Kier molecular flexibility index (Phi) is 3.78. The minimum absolute atomic E-state index is 0.0715. The lowest BCUT2D eigenvalue weighted by atomic mass is 10.1. The van der Waals surface area contributed by atoms with Crippen LogP contribution in [0.5, 0.6) is 0 Å². The lowest BCUT2D eigenvalue weighted by Crippen LogP contribution is -2.01. The highest BCUT2D eigenvalue weighted by Crippen LogP contribution is 2.23. The number of benzene rings is 1. The van der Waals surface area contributed by atoms with Crippen molar-refractivity contribution in [3.63, 3.8) is 0 Å². The third-order valence-corrected chi connectivity index (χ3v) is 3.67. The van der Waals surface area contributed by atoms with E-state index in [1.807, 2.05) is 18.4 Å². The summed E-state index contributed by atoms with van der Waals surface area (Å²) in [6.45, 7) is 2.63. The third kappa shape index (κ3) is 2.89. The minimum Gasteiger partial charge on any atom is -0.381 e. The van der Waals surface area contributed by atoms with E-state index in [4.69, 9.17) is 5.26 Å². The summed E-state index contributed by atoms with van der Waals surface area (Å²) < 4.78 is 0. The smallest absolute Gasteiger partial charge is 0.289 e. The Morgan fingerprint density at radius 3 is 2.84 bits per heavy atom. The fourth-order valence-corrected chi connectivity index (χ4v) is 2.51. The summed E-state index contributed by atoms with van der Waals surface area (Å²) in [5, 5.41) is 26.9. The summed E-state index contributed by atoms with van der Waals surface area (Å²) in [4.78, 5) is 10.3. The zero-order valence-electron chi connectivity index (χ0n) is 10.2. The maximum absolute atomic E-state index is 10.8. The number of anilines is 1. The second kappa shape index (κ2) is 5.50. The van der Waals surface area contributed by atoms with Crippen molar-refractivity contribution < 1.29 is 4.92 Å². The number of nitrogens with one attached hydrogen (secondary N) is 1. The Morgan fingerprint density at radius 1 is 1.47 bits per heavy atom. The second-order valence-corrected chi connectivity index (χ2v) is 4.78. The van der Waals surface area contributed by atoms with Crippen LogP contribution in [-0.2, 0) is 6.54 Å². The Hall–Kier alpha value is -2.39.